The van der Waals surface area contributed by atoms with Crippen molar-refractivity contribution in [3.05, 3.63) is 11.7 Å². The molecule has 1 atom stereocenters. The molecule has 0 radical (unpaired) electrons. The molecule has 5 nitrogen and oxygen atoms in total. The number of hydrogen-bond acceptors (Lipinski definition) is 5. The van der Waals surface area contributed by atoms with E-state index in [-0.39, 0.29) is 19.1 Å². The van der Waals surface area contributed by atoms with Crippen LogP contribution >= 0.6 is 0 Å². The molecule has 1 N–H and O–H groups in total. The Kier molecular flexibility index (Phi) is 5.54. The molecule has 0 amide bonds. The molecule has 0 bridgehead atoms. The van der Waals surface area contributed by atoms with Crippen LogP contribution in [0.3, 0.4) is 0 Å². The fraction of sp³-hybridized carbons (Fsp3) is 0.800. The van der Waals surface area contributed by atoms with Gasteiger partial charge in [0.15, 0.2) is 5.82 Å². The zero-order chi connectivity index (χ0) is 13.6. The molecule has 0 spiro atoms. The highest BCUT2D eigenvalue weighted by Crippen LogP contribution is 2.15. The lowest BCUT2D eigenvalue weighted by Gasteiger charge is -2.06. The van der Waals surface area contributed by atoms with Crippen LogP contribution in [0.2, 0.25) is 0 Å². The molecule has 0 aliphatic heterocycles. The minimum Gasteiger partial charge on any atom is -0.372 e. The van der Waals surface area contributed by atoms with Gasteiger partial charge in [-0.2, -0.15) is 18.2 Å². The summed E-state index contributed by atoms with van der Waals surface area (Å²) in [5, 5.41) is 6.67. The quantitative estimate of drug-likeness (QED) is 0.764. The molecule has 1 aromatic rings. The van der Waals surface area contributed by atoms with Crippen LogP contribution in [0.25, 0.3) is 0 Å². The molecule has 1 unspecified atom stereocenters. The molecule has 0 fully saturated rings. The van der Waals surface area contributed by atoms with E-state index in [1.807, 2.05) is 6.92 Å². The van der Waals surface area contributed by atoms with Gasteiger partial charge in [-0.25, -0.2) is 0 Å². The van der Waals surface area contributed by atoms with Crippen molar-refractivity contribution in [1.29, 1.82) is 0 Å². The second-order valence-electron chi connectivity index (χ2n) is 3.72. The predicted molar refractivity (Wildman–Crippen MR) is 57.0 cm³/mol. The van der Waals surface area contributed by atoms with E-state index in [0.29, 0.717) is 11.7 Å². The molecule has 8 heteroatoms. The van der Waals surface area contributed by atoms with E-state index in [4.69, 9.17) is 4.52 Å². The van der Waals surface area contributed by atoms with Gasteiger partial charge < -0.3 is 14.6 Å². The maximum atomic E-state index is 11.8. The van der Waals surface area contributed by atoms with Gasteiger partial charge in [0.2, 0.25) is 5.89 Å². The van der Waals surface area contributed by atoms with Gasteiger partial charge in [0.25, 0.3) is 0 Å². The first-order valence-electron chi connectivity index (χ1n) is 5.60. The molecular weight excluding hydrogens is 251 g/mol. The van der Waals surface area contributed by atoms with Crippen molar-refractivity contribution in [3.63, 3.8) is 0 Å². The Hall–Kier alpha value is -1.15. The first-order chi connectivity index (χ1) is 8.46. The van der Waals surface area contributed by atoms with Crippen LogP contribution in [-0.4, -0.2) is 36.6 Å². The van der Waals surface area contributed by atoms with Gasteiger partial charge in [-0.15, -0.1) is 0 Å². The standard InChI is InChI=1S/C10H16F3N3O2/c1-3-7(14-2)9-15-8(16-18-9)4-5-17-6-10(11,12)13/h7,14H,3-6H2,1-2H3. The Morgan fingerprint density at radius 1 is 1.44 bits per heavy atom. The van der Waals surface area contributed by atoms with E-state index >= 15 is 0 Å². The molecule has 1 aromatic heterocycles. The van der Waals surface area contributed by atoms with Crippen LogP contribution in [0, 0.1) is 0 Å². The highest BCUT2D eigenvalue weighted by Gasteiger charge is 2.27. The molecule has 0 aromatic carbocycles. The smallest absolute Gasteiger partial charge is 0.372 e. The second-order valence-corrected chi connectivity index (χ2v) is 3.72. The van der Waals surface area contributed by atoms with Gasteiger partial charge in [-0.05, 0) is 13.5 Å². The largest absolute Gasteiger partial charge is 0.411 e. The summed E-state index contributed by atoms with van der Waals surface area (Å²) in [5.74, 6) is 0.784. The average molecular weight is 267 g/mol. The Morgan fingerprint density at radius 3 is 2.72 bits per heavy atom. The number of rotatable bonds is 7. The van der Waals surface area contributed by atoms with E-state index in [2.05, 4.69) is 20.2 Å². The third-order valence-corrected chi connectivity index (χ3v) is 2.27. The molecular formula is C10H16F3N3O2. The Balaban J connectivity index is 2.35. The molecule has 104 valence electrons. The van der Waals surface area contributed by atoms with E-state index in [0.717, 1.165) is 6.42 Å². The van der Waals surface area contributed by atoms with Gasteiger partial charge in [0, 0.05) is 6.42 Å². The van der Waals surface area contributed by atoms with Crippen LogP contribution in [0.4, 0.5) is 13.2 Å². The SMILES string of the molecule is CCC(NC)c1nc(CCOCC(F)(F)F)no1. The maximum absolute atomic E-state index is 11.8. The lowest BCUT2D eigenvalue weighted by Crippen LogP contribution is -2.18. The number of alkyl halides is 3. The number of nitrogens with one attached hydrogen (secondary N) is 1. The van der Waals surface area contributed by atoms with Crippen LogP contribution in [-0.2, 0) is 11.2 Å². The van der Waals surface area contributed by atoms with E-state index in [1.165, 1.54) is 0 Å². The Bertz CT molecular complexity index is 350. The summed E-state index contributed by atoms with van der Waals surface area (Å²) in [7, 11) is 1.77. The zero-order valence-electron chi connectivity index (χ0n) is 10.3. The van der Waals surface area contributed by atoms with Crippen molar-refractivity contribution in [2.24, 2.45) is 0 Å². The molecule has 1 heterocycles. The summed E-state index contributed by atoms with van der Waals surface area (Å²) in [4.78, 5) is 4.08. The topological polar surface area (TPSA) is 60.2 Å². The van der Waals surface area contributed by atoms with Crippen molar-refractivity contribution < 1.29 is 22.4 Å². The second kappa shape index (κ2) is 6.69. The normalized spacial score (nSPS) is 13.8. The summed E-state index contributed by atoms with van der Waals surface area (Å²) in [5.41, 5.74) is 0. The number of ether oxygens (including phenoxy) is 1. The molecule has 0 saturated carbocycles. The fourth-order valence-electron chi connectivity index (χ4n) is 1.36. The van der Waals surface area contributed by atoms with Crippen molar-refractivity contribution >= 4 is 0 Å². The van der Waals surface area contributed by atoms with Crippen LogP contribution in [0.5, 0.6) is 0 Å². The summed E-state index contributed by atoms with van der Waals surface area (Å²) in [6.07, 6.45) is -3.33. The van der Waals surface area contributed by atoms with Gasteiger partial charge in [-0.1, -0.05) is 12.1 Å². The van der Waals surface area contributed by atoms with Crippen LogP contribution in [0.15, 0.2) is 4.52 Å². The molecule has 1 rings (SSSR count). The summed E-state index contributed by atoms with van der Waals surface area (Å²) in [6.45, 7) is 0.609. The van der Waals surface area contributed by atoms with Crippen molar-refractivity contribution in [2.75, 3.05) is 20.3 Å². The molecule has 0 saturated heterocycles. The minimum absolute atomic E-state index is 0.0395. The predicted octanol–water partition coefficient (Wildman–Crippen LogP) is 1.86. The Labute approximate surface area is 103 Å². The van der Waals surface area contributed by atoms with E-state index in [1.54, 1.807) is 7.05 Å². The third kappa shape index (κ3) is 5.01. The van der Waals surface area contributed by atoms with Gasteiger partial charge in [0.05, 0.1) is 12.6 Å². The fourth-order valence-corrected chi connectivity index (χ4v) is 1.36. The lowest BCUT2D eigenvalue weighted by atomic mass is 10.2. The van der Waals surface area contributed by atoms with Crippen LogP contribution < -0.4 is 5.32 Å². The third-order valence-electron chi connectivity index (χ3n) is 2.27. The minimum atomic E-state index is -4.30. The summed E-state index contributed by atoms with van der Waals surface area (Å²) in [6, 6.07) is -0.0395. The highest BCUT2D eigenvalue weighted by molar-refractivity contribution is 4.92. The van der Waals surface area contributed by atoms with Crippen molar-refractivity contribution in [1.82, 2.24) is 15.5 Å². The van der Waals surface area contributed by atoms with E-state index < -0.39 is 12.8 Å². The average Bonchev–Trinajstić information content (AvgIpc) is 2.74. The number of hydrogen-bond donors (Lipinski definition) is 1. The first kappa shape index (κ1) is 14.9. The Morgan fingerprint density at radius 2 is 2.17 bits per heavy atom. The van der Waals surface area contributed by atoms with Gasteiger partial charge in [0.1, 0.15) is 6.61 Å². The maximum Gasteiger partial charge on any atom is 0.411 e. The number of nitrogens with zero attached hydrogens (tertiary/aromatic N) is 2. The summed E-state index contributed by atoms with van der Waals surface area (Å²) < 4.78 is 44.9. The molecule has 0 aliphatic carbocycles. The molecule has 0 aliphatic rings. The first-order valence-corrected chi connectivity index (χ1v) is 5.60. The number of halogens is 3. The van der Waals surface area contributed by atoms with Crippen molar-refractivity contribution in [3.8, 4) is 0 Å². The number of aromatic nitrogens is 2. The highest BCUT2D eigenvalue weighted by atomic mass is 19.4. The van der Waals surface area contributed by atoms with Gasteiger partial charge >= 0.3 is 6.18 Å². The van der Waals surface area contributed by atoms with E-state index in [9.17, 15) is 13.2 Å². The molecule has 18 heavy (non-hydrogen) atoms. The van der Waals surface area contributed by atoms with Crippen LogP contribution in [0.1, 0.15) is 31.1 Å². The van der Waals surface area contributed by atoms with Gasteiger partial charge in [-0.3, -0.25) is 0 Å². The lowest BCUT2D eigenvalue weighted by molar-refractivity contribution is -0.173. The van der Waals surface area contributed by atoms with Crippen molar-refractivity contribution in [2.45, 2.75) is 32.0 Å². The summed E-state index contributed by atoms with van der Waals surface area (Å²) >= 11 is 0. The zero-order valence-corrected chi connectivity index (χ0v) is 10.3. The monoisotopic (exact) mass is 267 g/mol.